The highest BCUT2D eigenvalue weighted by molar-refractivity contribution is 6.74. The molecule has 1 saturated heterocycles. The van der Waals surface area contributed by atoms with Crippen molar-refractivity contribution >= 4 is 25.0 Å². The molecule has 1 fully saturated rings. The number of nitrogens with zero attached hydrogens (tertiary/aromatic N) is 1. The lowest BCUT2D eigenvalue weighted by molar-refractivity contribution is -0.261. The molecular formula is C29H38N2O3Si. The molecule has 186 valence electrons. The van der Waals surface area contributed by atoms with Crippen LogP contribution < -0.4 is 5.32 Å². The highest BCUT2D eigenvalue weighted by Gasteiger charge is 2.60. The zero-order valence-corrected chi connectivity index (χ0v) is 23.0. The van der Waals surface area contributed by atoms with E-state index in [4.69, 9.17) is 9.16 Å². The van der Waals surface area contributed by atoms with Gasteiger partial charge in [0.15, 0.2) is 14.4 Å². The molecule has 1 heterocycles. The SMILES string of the molecule is CNC(C)C1(O[Si](C)(C)C(C)(C)C)OC(c2cccc3ccccc23)C(=O)N1Cc1ccccc1. The van der Waals surface area contributed by atoms with Gasteiger partial charge < -0.3 is 14.5 Å². The maximum atomic E-state index is 14.2. The van der Waals surface area contributed by atoms with Gasteiger partial charge in [0.05, 0.1) is 12.6 Å². The second kappa shape index (κ2) is 9.51. The molecule has 5 nitrogen and oxygen atoms in total. The highest BCUT2D eigenvalue weighted by Crippen LogP contribution is 2.48. The molecular weight excluding hydrogens is 452 g/mol. The lowest BCUT2D eigenvalue weighted by Gasteiger charge is -2.48. The molecule has 3 aromatic carbocycles. The first-order valence-electron chi connectivity index (χ1n) is 12.4. The smallest absolute Gasteiger partial charge is 0.261 e. The van der Waals surface area contributed by atoms with Crippen molar-refractivity contribution in [3.63, 3.8) is 0 Å². The second-order valence-electron chi connectivity index (χ2n) is 11.0. The molecule has 6 heteroatoms. The van der Waals surface area contributed by atoms with Gasteiger partial charge in [0, 0.05) is 0 Å². The number of carbonyl (C=O) groups is 1. The molecule has 3 aromatic rings. The lowest BCUT2D eigenvalue weighted by atomic mass is 10.00. The van der Waals surface area contributed by atoms with Crippen molar-refractivity contribution in [2.24, 2.45) is 0 Å². The third-order valence-corrected chi connectivity index (χ3v) is 12.0. The molecule has 0 aromatic heterocycles. The average Bonchev–Trinajstić information content (AvgIpc) is 3.09. The minimum Gasteiger partial charge on any atom is -0.373 e. The van der Waals surface area contributed by atoms with Gasteiger partial charge in [-0.25, -0.2) is 0 Å². The molecule has 0 saturated carbocycles. The summed E-state index contributed by atoms with van der Waals surface area (Å²) in [5.74, 6) is -1.32. The van der Waals surface area contributed by atoms with E-state index in [1.807, 2.05) is 73.5 Å². The lowest BCUT2D eigenvalue weighted by Crippen LogP contribution is -2.64. The third-order valence-electron chi connectivity index (χ3n) is 7.63. The number of carbonyl (C=O) groups excluding carboxylic acids is 1. The Morgan fingerprint density at radius 2 is 1.66 bits per heavy atom. The number of hydrogen-bond donors (Lipinski definition) is 1. The van der Waals surface area contributed by atoms with E-state index < -0.39 is 20.3 Å². The van der Waals surface area contributed by atoms with Crippen LogP contribution in [0.5, 0.6) is 0 Å². The van der Waals surface area contributed by atoms with Gasteiger partial charge in [0.2, 0.25) is 0 Å². The third kappa shape index (κ3) is 4.68. The fraction of sp³-hybridized carbons (Fsp3) is 0.414. The highest BCUT2D eigenvalue weighted by atomic mass is 28.4. The standard InChI is InChI=1S/C29H38N2O3Si/c1-21(30-5)29(34-35(6,7)28(2,3)4)31(20-22-14-9-8-10-15-22)27(32)26(33-29)25-19-13-17-23-16-11-12-18-24(23)25/h8-19,21,26,30H,20H2,1-7H3. The number of amides is 1. The molecule has 0 spiro atoms. The molecule has 4 rings (SSSR count). The van der Waals surface area contributed by atoms with Crippen LogP contribution in [-0.4, -0.2) is 38.1 Å². The molecule has 0 radical (unpaired) electrons. The Labute approximate surface area is 210 Å². The Balaban J connectivity index is 1.87. The minimum atomic E-state index is -2.35. The summed E-state index contributed by atoms with van der Waals surface area (Å²) in [5, 5.41) is 5.39. The van der Waals surface area contributed by atoms with Crippen molar-refractivity contribution in [1.29, 1.82) is 0 Å². The number of fused-ring (bicyclic) bond motifs is 1. The molecule has 1 N–H and O–H groups in total. The topological polar surface area (TPSA) is 50.8 Å². The predicted octanol–water partition coefficient (Wildman–Crippen LogP) is 6.22. The Morgan fingerprint density at radius 3 is 2.31 bits per heavy atom. The van der Waals surface area contributed by atoms with E-state index in [1.54, 1.807) is 0 Å². The van der Waals surface area contributed by atoms with Gasteiger partial charge in [-0.1, -0.05) is 93.6 Å². The van der Waals surface area contributed by atoms with Gasteiger partial charge in [-0.2, -0.15) is 0 Å². The fourth-order valence-electron chi connectivity index (χ4n) is 4.41. The van der Waals surface area contributed by atoms with E-state index in [2.05, 4.69) is 57.4 Å². The summed E-state index contributed by atoms with van der Waals surface area (Å²) in [6.07, 6.45) is -0.759. The van der Waals surface area contributed by atoms with Crippen LogP contribution >= 0.6 is 0 Å². The van der Waals surface area contributed by atoms with Crippen LogP contribution in [0, 0.1) is 0 Å². The van der Waals surface area contributed by atoms with Crippen LogP contribution in [0.3, 0.4) is 0 Å². The van der Waals surface area contributed by atoms with E-state index in [9.17, 15) is 4.79 Å². The van der Waals surface area contributed by atoms with Crippen LogP contribution in [0.1, 0.15) is 44.9 Å². The van der Waals surface area contributed by atoms with Crippen molar-refractivity contribution in [3.05, 3.63) is 83.9 Å². The first-order valence-corrected chi connectivity index (χ1v) is 15.3. The summed E-state index contributed by atoms with van der Waals surface area (Å²) in [7, 11) is -0.463. The molecule has 3 atom stereocenters. The van der Waals surface area contributed by atoms with E-state index in [1.165, 1.54) is 0 Å². The summed E-state index contributed by atoms with van der Waals surface area (Å²) in [6.45, 7) is 13.5. The Bertz CT molecular complexity index is 1190. The molecule has 1 aliphatic rings. The normalized spacial score (nSPS) is 22.1. The van der Waals surface area contributed by atoms with Crippen LogP contribution in [0.4, 0.5) is 0 Å². The maximum absolute atomic E-state index is 14.2. The van der Waals surface area contributed by atoms with Crippen molar-refractivity contribution in [3.8, 4) is 0 Å². The zero-order chi connectivity index (χ0) is 25.4. The number of rotatable bonds is 7. The zero-order valence-electron chi connectivity index (χ0n) is 22.0. The van der Waals surface area contributed by atoms with Crippen LogP contribution in [-0.2, 0) is 20.5 Å². The molecule has 35 heavy (non-hydrogen) atoms. The van der Waals surface area contributed by atoms with Gasteiger partial charge in [-0.3, -0.25) is 9.69 Å². The van der Waals surface area contributed by atoms with Gasteiger partial charge in [-0.05, 0) is 54.0 Å². The van der Waals surface area contributed by atoms with Crippen LogP contribution in [0.2, 0.25) is 18.1 Å². The minimum absolute atomic E-state index is 0.0597. The number of benzene rings is 3. The number of ether oxygens (including phenoxy) is 1. The molecule has 0 bridgehead atoms. The van der Waals surface area contributed by atoms with Crippen molar-refractivity contribution in [1.82, 2.24) is 10.2 Å². The van der Waals surface area contributed by atoms with E-state index >= 15 is 0 Å². The van der Waals surface area contributed by atoms with Crippen LogP contribution in [0.25, 0.3) is 10.8 Å². The number of nitrogens with one attached hydrogen (secondary N) is 1. The first kappa shape index (κ1) is 25.6. The quantitative estimate of drug-likeness (QED) is 0.399. The summed E-state index contributed by atoms with van der Waals surface area (Å²) in [4.78, 5) is 16.1. The van der Waals surface area contributed by atoms with Crippen molar-refractivity contribution in [2.75, 3.05) is 7.05 Å². The summed E-state index contributed by atoms with van der Waals surface area (Å²) in [5.41, 5.74) is 1.91. The molecule has 1 aliphatic heterocycles. The van der Waals surface area contributed by atoms with E-state index in [-0.39, 0.29) is 17.0 Å². The Morgan fingerprint density at radius 1 is 1.03 bits per heavy atom. The Kier molecular flexibility index (Phi) is 6.95. The van der Waals surface area contributed by atoms with Crippen molar-refractivity contribution in [2.45, 2.75) is 70.4 Å². The molecule has 3 unspecified atom stereocenters. The fourth-order valence-corrected chi connectivity index (χ4v) is 5.78. The van der Waals surface area contributed by atoms with Gasteiger partial charge in [0.25, 0.3) is 11.8 Å². The summed E-state index contributed by atoms with van der Waals surface area (Å²) >= 11 is 0. The second-order valence-corrected chi connectivity index (χ2v) is 15.7. The van der Waals surface area contributed by atoms with Crippen LogP contribution in [0.15, 0.2) is 72.8 Å². The summed E-state index contributed by atoms with van der Waals surface area (Å²) < 4.78 is 13.9. The Hall–Kier alpha value is -2.51. The molecule has 1 amide bonds. The van der Waals surface area contributed by atoms with Gasteiger partial charge in [0.1, 0.15) is 0 Å². The number of likely N-dealkylation sites (N-methyl/N-ethyl adjacent to an activating group) is 1. The van der Waals surface area contributed by atoms with E-state index in [0.717, 1.165) is 21.9 Å². The predicted molar refractivity (Wildman–Crippen MR) is 144 cm³/mol. The first-order chi connectivity index (χ1) is 16.5. The maximum Gasteiger partial charge on any atom is 0.261 e. The summed E-state index contributed by atoms with van der Waals surface area (Å²) in [6, 6.07) is 24.0. The average molecular weight is 491 g/mol. The van der Waals surface area contributed by atoms with Gasteiger partial charge in [-0.15, -0.1) is 0 Å². The largest absolute Gasteiger partial charge is 0.373 e. The van der Waals surface area contributed by atoms with Crippen molar-refractivity contribution < 1.29 is 14.0 Å². The van der Waals surface area contributed by atoms with E-state index in [0.29, 0.717) is 6.54 Å². The number of hydrogen-bond acceptors (Lipinski definition) is 4. The monoisotopic (exact) mass is 490 g/mol. The molecule has 0 aliphatic carbocycles. The van der Waals surface area contributed by atoms with Gasteiger partial charge >= 0.3 is 0 Å².